The van der Waals surface area contributed by atoms with E-state index in [-0.39, 0.29) is 31.3 Å². The zero-order chi connectivity index (χ0) is 35.5. The molecule has 4 bridgehead atoms. The number of carbonyl (C=O) groups is 4. The minimum Gasteiger partial charge on any atom is -0.328 e. The Hall–Kier alpha value is -2.90. The molecule has 0 spiro atoms. The second kappa shape index (κ2) is 15.6. The zero-order valence-corrected chi connectivity index (χ0v) is 28.3. The number of hydrogen-bond acceptors (Lipinski definition) is 13. The van der Waals surface area contributed by atoms with Crippen LogP contribution in [0.25, 0.3) is 0 Å². The summed E-state index contributed by atoms with van der Waals surface area (Å²) >= 11 is 0. The minimum absolute atomic E-state index is 0.0172. The van der Waals surface area contributed by atoms with Gasteiger partial charge in [0.2, 0.25) is 0 Å². The molecule has 21 nitrogen and oxygen atoms in total. The van der Waals surface area contributed by atoms with Gasteiger partial charge in [0.15, 0.2) is 0 Å². The van der Waals surface area contributed by atoms with Crippen LogP contribution in [0.1, 0.15) is 83.5 Å². The van der Waals surface area contributed by atoms with E-state index in [1.807, 2.05) is 0 Å². The molecule has 2 saturated carbocycles. The Labute approximate surface area is 283 Å². The van der Waals surface area contributed by atoms with Crippen molar-refractivity contribution in [1.29, 1.82) is 0 Å². The van der Waals surface area contributed by atoms with Crippen LogP contribution >= 0.6 is 0 Å². The Bertz CT molecular complexity index is 1460. The predicted octanol–water partition coefficient (Wildman–Crippen LogP) is -0.323. The fraction of sp³-hybridized carbons (Fsp3) is 0.846. The van der Waals surface area contributed by atoms with E-state index in [0.717, 1.165) is 38.5 Å². The van der Waals surface area contributed by atoms with Gasteiger partial charge in [-0.05, 0) is 57.8 Å². The molecule has 2 unspecified atom stereocenters. The largest absolute Gasteiger partial charge is 0.418 e. The van der Waals surface area contributed by atoms with Crippen molar-refractivity contribution in [3.63, 3.8) is 0 Å². The molecule has 6 fully saturated rings. The number of hydrogen-bond donors (Lipinski definition) is 5. The average molecular weight is 742 g/mol. The highest BCUT2D eigenvalue weighted by atomic mass is 32.3. The van der Waals surface area contributed by atoms with Crippen molar-refractivity contribution in [3.05, 3.63) is 0 Å². The van der Waals surface area contributed by atoms with Crippen molar-refractivity contribution in [3.8, 4) is 0 Å². The molecule has 0 aromatic heterocycles. The molecule has 4 saturated heterocycles. The van der Waals surface area contributed by atoms with Crippen molar-refractivity contribution in [2.24, 2.45) is 5.73 Å². The van der Waals surface area contributed by atoms with E-state index in [2.05, 4.69) is 19.5 Å². The summed E-state index contributed by atoms with van der Waals surface area (Å²) in [5.74, 6) is -0.902. The van der Waals surface area contributed by atoms with E-state index >= 15 is 0 Å². The third kappa shape index (κ3) is 9.67. The van der Waals surface area contributed by atoms with Crippen LogP contribution in [0.4, 0.5) is 9.59 Å². The van der Waals surface area contributed by atoms with Crippen LogP contribution in [0.2, 0.25) is 0 Å². The van der Waals surface area contributed by atoms with Crippen molar-refractivity contribution in [2.45, 2.75) is 126 Å². The highest BCUT2D eigenvalue weighted by Gasteiger charge is 2.50. The van der Waals surface area contributed by atoms with Crippen LogP contribution in [-0.2, 0) is 48.6 Å². The van der Waals surface area contributed by atoms with Crippen molar-refractivity contribution >= 4 is 44.7 Å². The lowest BCUT2D eigenvalue weighted by Crippen LogP contribution is -2.50. The van der Waals surface area contributed by atoms with Gasteiger partial charge in [0, 0.05) is 19.1 Å². The number of carbonyl (C=O) groups excluding carboxylic acids is 4. The summed E-state index contributed by atoms with van der Waals surface area (Å²) in [7, 11) is -9.59. The third-order valence-electron chi connectivity index (χ3n) is 9.48. The Morgan fingerprint density at radius 3 is 1.51 bits per heavy atom. The van der Waals surface area contributed by atoms with Gasteiger partial charge in [-0.2, -0.15) is 27.0 Å². The van der Waals surface area contributed by atoms with Crippen LogP contribution < -0.4 is 16.7 Å². The summed E-state index contributed by atoms with van der Waals surface area (Å²) < 4.78 is 69.5. The SMILES string of the molecule is NC1CCC(ONC(=O)[C@@H]2CC[C@@H]3CN2C(=O)N3OS(=O)(=O)O)C1.O=C(NOC1CCCCCC1)[C@@H]1CC[C@@H]2CN1C(=O)N2OS(=O)(=O)O. The van der Waals surface area contributed by atoms with E-state index in [4.69, 9.17) is 24.5 Å². The number of fused-ring (bicyclic) bond motifs is 4. The smallest absolute Gasteiger partial charge is 0.328 e. The molecule has 6 N–H and O–H groups in total. The number of urea groups is 2. The molecule has 2 aliphatic carbocycles. The number of nitrogens with two attached hydrogens (primary N) is 1. The van der Waals surface area contributed by atoms with Gasteiger partial charge in [-0.25, -0.2) is 20.5 Å². The van der Waals surface area contributed by atoms with E-state index < -0.39 is 68.8 Å². The van der Waals surface area contributed by atoms with Crippen molar-refractivity contribution in [2.75, 3.05) is 13.1 Å². The maximum Gasteiger partial charge on any atom is 0.418 e. The second-order valence-electron chi connectivity index (χ2n) is 13.0. The summed E-state index contributed by atoms with van der Waals surface area (Å²) in [6.07, 6.45) is 9.80. The number of hydroxylamine groups is 6. The molecular weight excluding hydrogens is 698 g/mol. The van der Waals surface area contributed by atoms with E-state index in [9.17, 15) is 36.0 Å². The Balaban J connectivity index is 0.000000191. The molecule has 6 aliphatic rings. The van der Waals surface area contributed by atoms with Crippen LogP contribution in [-0.4, -0.2) is 125 Å². The third-order valence-corrected chi connectivity index (χ3v) is 10.2. The monoisotopic (exact) mass is 741 g/mol. The number of rotatable bonds is 10. The first-order chi connectivity index (χ1) is 23.1. The molecule has 278 valence electrons. The maximum absolute atomic E-state index is 12.4. The topological polar surface area (TPSA) is 277 Å². The van der Waals surface area contributed by atoms with Gasteiger partial charge in [-0.15, -0.1) is 8.57 Å². The standard InChI is InChI=1S/C14H23N3O7S.C12H20N4O7S/c18-13(15-23-11-5-3-1-2-4-6-11)12-8-7-10-9-16(12)14(19)17(10)24-25(20,21)22;13-7-1-3-9(5-7)22-14-11(17)10-4-2-8-6-15(10)12(18)16(8)23-24(19,20)21/h10-12H,1-9H2,(H,15,18)(H,20,21,22);7-10H,1-6,13H2,(H,14,17)(H,19,20,21)/t10-,12+;7?,8-,9?,10+/m11/s1. The van der Waals surface area contributed by atoms with Crippen LogP contribution in [0.15, 0.2) is 0 Å². The maximum atomic E-state index is 12.4. The quantitative estimate of drug-likeness (QED) is 0.109. The highest BCUT2D eigenvalue weighted by molar-refractivity contribution is 7.81. The molecule has 23 heteroatoms. The van der Waals surface area contributed by atoms with E-state index in [0.29, 0.717) is 42.2 Å². The van der Waals surface area contributed by atoms with Crippen LogP contribution in [0.3, 0.4) is 0 Å². The first-order valence-corrected chi connectivity index (χ1v) is 19.0. The molecule has 0 aromatic carbocycles. The van der Waals surface area contributed by atoms with E-state index in [1.165, 1.54) is 22.6 Å². The Morgan fingerprint density at radius 2 is 1.10 bits per heavy atom. The van der Waals surface area contributed by atoms with Crippen molar-refractivity contribution in [1.82, 2.24) is 30.9 Å². The fourth-order valence-corrected chi connectivity index (χ4v) is 7.84. The van der Waals surface area contributed by atoms with Crippen LogP contribution in [0.5, 0.6) is 0 Å². The zero-order valence-electron chi connectivity index (χ0n) is 26.6. The summed E-state index contributed by atoms with van der Waals surface area (Å²) in [6.45, 7) is 0.302. The lowest BCUT2D eigenvalue weighted by Gasteiger charge is -2.29. The molecule has 49 heavy (non-hydrogen) atoms. The number of nitrogens with one attached hydrogen (secondary N) is 2. The number of piperidine rings is 2. The summed E-state index contributed by atoms with van der Waals surface area (Å²) in [6, 6.07) is -4.04. The normalized spacial score (nSPS) is 30.6. The highest BCUT2D eigenvalue weighted by Crippen LogP contribution is 2.32. The fourth-order valence-electron chi connectivity index (χ4n) is 7.07. The molecule has 0 aromatic rings. The molecule has 6 atom stereocenters. The molecule has 4 aliphatic heterocycles. The average Bonchev–Trinajstić information content (AvgIpc) is 3.51. The lowest BCUT2D eigenvalue weighted by molar-refractivity contribution is -0.144. The first kappa shape index (κ1) is 37.4. The van der Waals surface area contributed by atoms with Gasteiger partial charge in [-0.3, -0.25) is 28.4 Å². The Kier molecular flexibility index (Phi) is 11.9. The predicted molar refractivity (Wildman–Crippen MR) is 162 cm³/mol. The Morgan fingerprint density at radius 1 is 0.653 bits per heavy atom. The summed E-state index contributed by atoms with van der Waals surface area (Å²) in [4.78, 5) is 62.4. The number of amides is 6. The molecular formula is C26H43N7O14S2. The minimum atomic E-state index is -4.80. The first-order valence-electron chi connectivity index (χ1n) is 16.3. The summed E-state index contributed by atoms with van der Waals surface area (Å²) in [5.41, 5.74) is 10.6. The van der Waals surface area contributed by atoms with E-state index in [1.54, 1.807) is 0 Å². The van der Waals surface area contributed by atoms with Crippen molar-refractivity contribution < 1.29 is 63.4 Å². The van der Waals surface area contributed by atoms with Gasteiger partial charge in [0.25, 0.3) is 11.8 Å². The van der Waals surface area contributed by atoms with Crippen LogP contribution in [0, 0.1) is 0 Å². The number of nitrogens with zero attached hydrogens (tertiary/aromatic N) is 4. The molecule has 0 radical (unpaired) electrons. The van der Waals surface area contributed by atoms with Gasteiger partial charge >= 0.3 is 32.9 Å². The molecule has 6 amide bonds. The summed E-state index contributed by atoms with van der Waals surface area (Å²) in [5, 5.41) is 1.22. The molecule has 6 rings (SSSR count). The van der Waals surface area contributed by atoms with Gasteiger partial charge in [-0.1, -0.05) is 25.7 Å². The second-order valence-corrected chi connectivity index (χ2v) is 15.0. The van der Waals surface area contributed by atoms with Gasteiger partial charge < -0.3 is 15.5 Å². The van der Waals surface area contributed by atoms with Gasteiger partial charge in [0.05, 0.1) is 24.3 Å². The molecule has 4 heterocycles. The lowest BCUT2D eigenvalue weighted by atomic mass is 10.0. The van der Waals surface area contributed by atoms with Gasteiger partial charge in [0.1, 0.15) is 12.1 Å².